The van der Waals surface area contributed by atoms with Crippen molar-refractivity contribution in [3.63, 3.8) is 0 Å². The van der Waals surface area contributed by atoms with E-state index < -0.39 is 0 Å². The predicted octanol–water partition coefficient (Wildman–Crippen LogP) is 1.83. The van der Waals surface area contributed by atoms with Crippen LogP contribution in [0.2, 0.25) is 0 Å². The van der Waals surface area contributed by atoms with Crippen molar-refractivity contribution in [1.29, 1.82) is 0 Å². The normalized spacial score (nSPS) is 15.2. The lowest BCUT2D eigenvalue weighted by Crippen LogP contribution is -2.43. The number of nitrogens with one attached hydrogen (secondary N) is 1. The lowest BCUT2D eigenvalue weighted by molar-refractivity contribution is 0.317. The molecule has 1 aromatic carbocycles. The fraction of sp³-hybridized carbons (Fsp3) is 0.308. The van der Waals surface area contributed by atoms with Crippen molar-refractivity contribution in [3.8, 4) is 17.2 Å². The largest absolute Gasteiger partial charge is 0.497 e. The Morgan fingerprint density at radius 2 is 2.11 bits per heavy atom. The van der Waals surface area contributed by atoms with E-state index in [1.807, 2.05) is 35.1 Å². The van der Waals surface area contributed by atoms with Crippen LogP contribution in [-0.2, 0) is 0 Å². The molecule has 1 aliphatic rings. The highest BCUT2D eigenvalue weighted by atomic mass is 16.5. The van der Waals surface area contributed by atoms with Gasteiger partial charge in [-0.1, -0.05) is 6.07 Å². The van der Waals surface area contributed by atoms with E-state index in [4.69, 9.17) is 9.47 Å². The minimum atomic E-state index is 0.452. The van der Waals surface area contributed by atoms with Crippen LogP contribution in [0.4, 0.5) is 0 Å². The molecule has 1 fully saturated rings. The number of hydrogen-bond donors (Lipinski definition) is 1. The van der Waals surface area contributed by atoms with Crippen molar-refractivity contribution in [2.24, 2.45) is 0 Å². The van der Waals surface area contributed by atoms with Gasteiger partial charge in [-0.15, -0.1) is 0 Å². The predicted molar refractivity (Wildman–Crippen MR) is 67.2 cm³/mol. The molecule has 5 heteroatoms. The fourth-order valence-electron chi connectivity index (χ4n) is 1.83. The first-order valence-electron chi connectivity index (χ1n) is 5.92. The van der Waals surface area contributed by atoms with Gasteiger partial charge in [0.05, 0.1) is 25.5 Å². The molecule has 1 saturated heterocycles. The van der Waals surface area contributed by atoms with Gasteiger partial charge in [0.2, 0.25) is 0 Å². The lowest BCUT2D eigenvalue weighted by atomic mass is 10.2. The molecule has 1 aliphatic heterocycles. The molecular formula is C13H15N3O2. The number of nitrogens with zero attached hydrogens (tertiary/aromatic N) is 2. The second-order valence-electron chi connectivity index (χ2n) is 4.25. The van der Waals surface area contributed by atoms with Gasteiger partial charge in [-0.2, -0.15) is 5.10 Å². The summed E-state index contributed by atoms with van der Waals surface area (Å²) in [4.78, 5) is 0. The summed E-state index contributed by atoms with van der Waals surface area (Å²) in [6.45, 7) is 1.94. The molecular weight excluding hydrogens is 230 g/mol. The van der Waals surface area contributed by atoms with Crippen LogP contribution >= 0.6 is 0 Å². The Morgan fingerprint density at radius 3 is 2.83 bits per heavy atom. The van der Waals surface area contributed by atoms with Crippen LogP contribution in [-0.4, -0.2) is 30.0 Å². The number of rotatable bonds is 4. The molecule has 0 aliphatic carbocycles. The molecule has 0 atom stereocenters. The van der Waals surface area contributed by atoms with Crippen LogP contribution in [0.5, 0.6) is 17.2 Å². The molecule has 2 aromatic rings. The molecule has 1 aromatic heterocycles. The quantitative estimate of drug-likeness (QED) is 0.892. The summed E-state index contributed by atoms with van der Waals surface area (Å²) in [5.41, 5.74) is 0. The molecule has 18 heavy (non-hydrogen) atoms. The molecule has 0 radical (unpaired) electrons. The maximum Gasteiger partial charge on any atom is 0.165 e. The van der Waals surface area contributed by atoms with Gasteiger partial charge in [0.15, 0.2) is 5.75 Å². The molecule has 3 rings (SSSR count). The Hall–Kier alpha value is -2.01. The van der Waals surface area contributed by atoms with E-state index in [0.717, 1.165) is 30.3 Å². The fourth-order valence-corrected chi connectivity index (χ4v) is 1.83. The second-order valence-corrected chi connectivity index (χ2v) is 4.25. The number of hydrogen-bond acceptors (Lipinski definition) is 4. The summed E-state index contributed by atoms with van der Waals surface area (Å²) < 4.78 is 12.8. The standard InChI is InChI=1S/C13H15N3O2/c1-17-11-3-2-4-12(5-11)18-13-8-15-16(9-13)10-6-14-7-10/h2-5,8-10,14H,6-7H2,1H3. The topological polar surface area (TPSA) is 48.3 Å². The smallest absolute Gasteiger partial charge is 0.165 e. The molecule has 0 spiro atoms. The van der Waals surface area contributed by atoms with Crippen molar-refractivity contribution >= 4 is 0 Å². The average molecular weight is 245 g/mol. The highest BCUT2D eigenvalue weighted by molar-refractivity contribution is 5.35. The van der Waals surface area contributed by atoms with E-state index in [9.17, 15) is 0 Å². The highest BCUT2D eigenvalue weighted by Crippen LogP contribution is 2.25. The molecule has 1 N–H and O–H groups in total. The van der Waals surface area contributed by atoms with Crippen molar-refractivity contribution in [2.45, 2.75) is 6.04 Å². The third kappa shape index (κ3) is 2.17. The first kappa shape index (κ1) is 11.1. The monoisotopic (exact) mass is 245 g/mol. The van der Waals surface area contributed by atoms with Gasteiger partial charge in [-0.3, -0.25) is 4.68 Å². The van der Waals surface area contributed by atoms with Gasteiger partial charge in [0.25, 0.3) is 0 Å². The van der Waals surface area contributed by atoms with E-state index in [0.29, 0.717) is 6.04 Å². The van der Waals surface area contributed by atoms with Gasteiger partial charge in [0, 0.05) is 19.2 Å². The van der Waals surface area contributed by atoms with Crippen molar-refractivity contribution in [1.82, 2.24) is 15.1 Å². The lowest BCUT2D eigenvalue weighted by Gasteiger charge is -2.26. The Kier molecular flexibility index (Phi) is 2.90. The zero-order valence-corrected chi connectivity index (χ0v) is 10.2. The van der Waals surface area contributed by atoms with Gasteiger partial charge in [-0.25, -0.2) is 0 Å². The number of methoxy groups -OCH3 is 1. The Morgan fingerprint density at radius 1 is 1.28 bits per heavy atom. The van der Waals surface area contributed by atoms with E-state index in [1.165, 1.54) is 0 Å². The third-order valence-electron chi connectivity index (χ3n) is 2.99. The molecule has 0 unspecified atom stereocenters. The van der Waals surface area contributed by atoms with Gasteiger partial charge >= 0.3 is 0 Å². The molecule has 2 heterocycles. The Bertz CT molecular complexity index is 535. The first-order valence-corrected chi connectivity index (χ1v) is 5.92. The van der Waals surface area contributed by atoms with Crippen molar-refractivity contribution in [3.05, 3.63) is 36.7 Å². The summed E-state index contributed by atoms with van der Waals surface area (Å²) in [7, 11) is 1.64. The van der Waals surface area contributed by atoms with Crippen molar-refractivity contribution < 1.29 is 9.47 Å². The van der Waals surface area contributed by atoms with Crippen molar-refractivity contribution in [2.75, 3.05) is 20.2 Å². The Balaban J connectivity index is 1.72. The second kappa shape index (κ2) is 4.70. The van der Waals surface area contributed by atoms with E-state index in [-0.39, 0.29) is 0 Å². The summed E-state index contributed by atoms with van der Waals surface area (Å²) in [6.07, 6.45) is 3.66. The number of ether oxygens (including phenoxy) is 2. The SMILES string of the molecule is COc1cccc(Oc2cnn(C3CNC3)c2)c1. The van der Waals surface area contributed by atoms with Crippen LogP contribution in [0.25, 0.3) is 0 Å². The van der Waals surface area contributed by atoms with E-state index in [2.05, 4.69) is 10.4 Å². The zero-order chi connectivity index (χ0) is 12.4. The molecule has 0 amide bonds. The third-order valence-corrected chi connectivity index (χ3v) is 2.99. The maximum atomic E-state index is 5.74. The summed E-state index contributed by atoms with van der Waals surface area (Å²) in [5.74, 6) is 2.28. The molecule has 94 valence electrons. The van der Waals surface area contributed by atoms with E-state index in [1.54, 1.807) is 13.3 Å². The summed E-state index contributed by atoms with van der Waals surface area (Å²) in [5, 5.41) is 7.51. The van der Waals surface area contributed by atoms with E-state index >= 15 is 0 Å². The van der Waals surface area contributed by atoms with Crippen LogP contribution in [0.3, 0.4) is 0 Å². The summed E-state index contributed by atoms with van der Waals surface area (Å²) in [6, 6.07) is 7.98. The zero-order valence-electron chi connectivity index (χ0n) is 10.2. The van der Waals surface area contributed by atoms with Crippen LogP contribution in [0, 0.1) is 0 Å². The minimum Gasteiger partial charge on any atom is -0.497 e. The molecule has 5 nitrogen and oxygen atoms in total. The number of benzene rings is 1. The van der Waals surface area contributed by atoms with Crippen LogP contribution in [0.1, 0.15) is 6.04 Å². The van der Waals surface area contributed by atoms with Gasteiger partial charge in [-0.05, 0) is 12.1 Å². The first-order chi connectivity index (χ1) is 8.85. The summed E-state index contributed by atoms with van der Waals surface area (Å²) >= 11 is 0. The van der Waals surface area contributed by atoms with Crippen LogP contribution in [0.15, 0.2) is 36.7 Å². The molecule has 0 bridgehead atoms. The van der Waals surface area contributed by atoms with Gasteiger partial charge < -0.3 is 14.8 Å². The highest BCUT2D eigenvalue weighted by Gasteiger charge is 2.19. The Labute approximate surface area is 105 Å². The molecule has 0 saturated carbocycles. The maximum absolute atomic E-state index is 5.74. The number of aromatic nitrogens is 2. The van der Waals surface area contributed by atoms with Gasteiger partial charge in [0.1, 0.15) is 11.5 Å². The average Bonchev–Trinajstić information content (AvgIpc) is 2.75. The minimum absolute atomic E-state index is 0.452. The van der Waals surface area contributed by atoms with Crippen LogP contribution < -0.4 is 14.8 Å².